The van der Waals surface area contributed by atoms with Gasteiger partial charge in [0.15, 0.2) is 0 Å². The van der Waals surface area contributed by atoms with Gasteiger partial charge in [0.25, 0.3) is 0 Å². The summed E-state index contributed by atoms with van der Waals surface area (Å²) >= 11 is 3.72. The third kappa shape index (κ3) is 2.31. The Morgan fingerprint density at radius 3 is 2.92 bits per heavy atom. The van der Waals surface area contributed by atoms with Gasteiger partial charge in [-0.1, -0.05) is 35.0 Å². The molecule has 0 radical (unpaired) electrons. The Hall–Kier alpha value is -0.800. The predicted molar refractivity (Wildman–Crippen MR) is 101 cm³/mol. The van der Waals surface area contributed by atoms with Crippen molar-refractivity contribution < 1.29 is 10.2 Å². The van der Waals surface area contributed by atoms with Crippen LogP contribution in [0.2, 0.25) is 0 Å². The Bertz CT molecular complexity index is 657. The van der Waals surface area contributed by atoms with E-state index in [0.717, 1.165) is 25.7 Å². The number of aliphatic hydroxyl groups is 1. The second-order valence-electron chi connectivity index (χ2n) is 8.37. The number of aryl methyl sites for hydroxylation is 1. The van der Waals surface area contributed by atoms with Crippen molar-refractivity contribution >= 4 is 15.9 Å². The van der Waals surface area contributed by atoms with Crippen molar-refractivity contribution in [2.45, 2.75) is 55.9 Å². The van der Waals surface area contributed by atoms with Crippen molar-refractivity contribution in [1.82, 2.24) is 0 Å². The number of phenolic OH excluding ortho intramolecular Hbond substituents is 1. The number of aromatic hydroxyl groups is 1. The Morgan fingerprint density at radius 1 is 1.38 bits per heavy atom. The van der Waals surface area contributed by atoms with Gasteiger partial charge in [-0.25, -0.2) is 0 Å². The maximum atomic E-state index is 11.1. The minimum atomic E-state index is -0.243. The molecule has 3 aliphatic rings. The topological polar surface area (TPSA) is 40.5 Å². The van der Waals surface area contributed by atoms with Gasteiger partial charge in [-0.3, -0.25) is 0 Å². The number of halogens is 1. The normalized spacial score (nSPS) is 41.9. The molecule has 0 bridgehead atoms. The van der Waals surface area contributed by atoms with E-state index in [9.17, 15) is 10.2 Å². The average Bonchev–Trinajstić information content (AvgIpc) is 2.85. The van der Waals surface area contributed by atoms with Crippen LogP contribution < -0.4 is 0 Å². The molecule has 0 heterocycles. The highest BCUT2D eigenvalue weighted by Crippen LogP contribution is 2.63. The molecule has 2 nitrogen and oxygen atoms in total. The van der Waals surface area contributed by atoms with Gasteiger partial charge in [0.05, 0.1) is 6.10 Å². The van der Waals surface area contributed by atoms with Crippen molar-refractivity contribution in [2.75, 3.05) is 0 Å². The van der Waals surface area contributed by atoms with E-state index in [-0.39, 0.29) is 22.3 Å². The Kier molecular flexibility index (Phi) is 4.08. The summed E-state index contributed by atoms with van der Waals surface area (Å²) in [7, 11) is 0. The molecule has 2 unspecified atom stereocenters. The molecule has 3 heteroatoms. The summed E-state index contributed by atoms with van der Waals surface area (Å²) in [6.07, 6.45) is 7.26. The van der Waals surface area contributed by atoms with E-state index in [0.29, 0.717) is 23.5 Å². The van der Waals surface area contributed by atoms with Crippen molar-refractivity contribution in [3.8, 4) is 5.75 Å². The second kappa shape index (κ2) is 5.88. The van der Waals surface area contributed by atoms with Crippen LogP contribution in [0.25, 0.3) is 0 Å². The third-order valence-corrected chi connectivity index (χ3v) is 8.44. The molecule has 4 rings (SSSR count). The van der Waals surface area contributed by atoms with Gasteiger partial charge < -0.3 is 10.2 Å². The summed E-state index contributed by atoms with van der Waals surface area (Å²) in [6, 6.07) is 5.94. The van der Waals surface area contributed by atoms with Crippen LogP contribution in [0.5, 0.6) is 5.75 Å². The first-order chi connectivity index (χ1) is 11.5. The van der Waals surface area contributed by atoms with Crippen LogP contribution in [-0.2, 0) is 6.42 Å². The first-order valence-corrected chi connectivity index (χ1v) is 10.1. The van der Waals surface area contributed by atoms with E-state index in [1.807, 2.05) is 18.2 Å². The quantitative estimate of drug-likeness (QED) is 0.563. The highest BCUT2D eigenvalue weighted by molar-refractivity contribution is 9.09. The predicted octanol–water partition coefficient (Wildman–Crippen LogP) is 4.78. The van der Waals surface area contributed by atoms with Crippen LogP contribution in [0.1, 0.15) is 49.7 Å². The maximum absolute atomic E-state index is 11.1. The molecule has 2 saturated carbocycles. The molecule has 3 aliphatic carbocycles. The number of benzene rings is 1. The SMILES string of the molecule is C=CC(Br)C1C[C@H]2[C@@H]3CCc4cc(O)ccc4[C@H]3CC[C@]2(C)[C@H]1O. The first kappa shape index (κ1) is 16.7. The molecule has 130 valence electrons. The fraction of sp³-hybridized carbons (Fsp3) is 0.619. The van der Waals surface area contributed by atoms with Gasteiger partial charge in [-0.15, -0.1) is 6.58 Å². The van der Waals surface area contributed by atoms with Crippen molar-refractivity contribution in [3.05, 3.63) is 42.0 Å². The molecule has 0 amide bonds. The minimum Gasteiger partial charge on any atom is -0.508 e. The number of fused-ring (bicyclic) bond motifs is 5. The van der Waals surface area contributed by atoms with Gasteiger partial charge in [0.1, 0.15) is 5.75 Å². The monoisotopic (exact) mass is 390 g/mol. The van der Waals surface area contributed by atoms with Crippen molar-refractivity contribution in [3.63, 3.8) is 0 Å². The van der Waals surface area contributed by atoms with Crippen LogP contribution in [-0.4, -0.2) is 21.1 Å². The van der Waals surface area contributed by atoms with Gasteiger partial charge in [-0.05, 0) is 78.5 Å². The molecule has 0 saturated heterocycles. The molecule has 2 fully saturated rings. The lowest BCUT2D eigenvalue weighted by atomic mass is 9.55. The lowest BCUT2D eigenvalue weighted by Gasteiger charge is -2.50. The van der Waals surface area contributed by atoms with E-state index < -0.39 is 0 Å². The van der Waals surface area contributed by atoms with Gasteiger partial charge in [0, 0.05) is 10.7 Å². The number of allylic oxidation sites excluding steroid dienone is 1. The molecule has 1 aromatic rings. The third-order valence-electron chi connectivity index (χ3n) is 7.39. The first-order valence-electron chi connectivity index (χ1n) is 9.22. The van der Waals surface area contributed by atoms with Crippen LogP contribution >= 0.6 is 15.9 Å². The number of hydrogen-bond donors (Lipinski definition) is 2. The van der Waals surface area contributed by atoms with E-state index >= 15 is 0 Å². The van der Waals surface area contributed by atoms with Gasteiger partial charge in [0.2, 0.25) is 0 Å². The van der Waals surface area contributed by atoms with E-state index in [1.54, 1.807) is 0 Å². The van der Waals surface area contributed by atoms with Gasteiger partial charge >= 0.3 is 0 Å². The minimum absolute atomic E-state index is 0.0370. The zero-order valence-electron chi connectivity index (χ0n) is 14.3. The Morgan fingerprint density at radius 2 is 2.17 bits per heavy atom. The average molecular weight is 391 g/mol. The molecule has 0 aromatic heterocycles. The van der Waals surface area contributed by atoms with E-state index in [2.05, 4.69) is 35.5 Å². The fourth-order valence-corrected chi connectivity index (χ4v) is 6.62. The lowest BCUT2D eigenvalue weighted by Crippen LogP contribution is -2.44. The number of phenols is 1. The zero-order valence-corrected chi connectivity index (χ0v) is 15.9. The molecule has 0 aliphatic heterocycles. The number of aliphatic hydroxyl groups excluding tert-OH is 1. The van der Waals surface area contributed by atoms with Crippen LogP contribution in [0.3, 0.4) is 0 Å². The molecule has 7 atom stereocenters. The van der Waals surface area contributed by atoms with Gasteiger partial charge in [-0.2, -0.15) is 0 Å². The van der Waals surface area contributed by atoms with E-state index in [4.69, 9.17) is 0 Å². The van der Waals surface area contributed by atoms with Crippen LogP contribution in [0.15, 0.2) is 30.9 Å². The summed E-state index contributed by atoms with van der Waals surface area (Å²) in [5, 5.41) is 20.8. The Balaban J connectivity index is 1.67. The maximum Gasteiger partial charge on any atom is 0.115 e. The molecule has 2 N–H and O–H groups in total. The van der Waals surface area contributed by atoms with Crippen LogP contribution in [0.4, 0.5) is 0 Å². The number of alkyl halides is 1. The summed E-state index contributed by atoms with van der Waals surface area (Å²) in [4.78, 5) is 0.196. The number of rotatable bonds is 2. The lowest BCUT2D eigenvalue weighted by molar-refractivity contribution is -0.0316. The summed E-state index contributed by atoms with van der Waals surface area (Å²) < 4.78 is 0. The molecular formula is C21H27BrO2. The van der Waals surface area contributed by atoms with Crippen LogP contribution in [0, 0.1) is 23.2 Å². The molecule has 1 aromatic carbocycles. The second-order valence-corrected chi connectivity index (χ2v) is 9.42. The summed E-state index contributed by atoms with van der Waals surface area (Å²) in [5.74, 6) is 2.49. The highest BCUT2D eigenvalue weighted by Gasteiger charge is 2.58. The fourth-order valence-electron chi connectivity index (χ4n) is 6.12. The van der Waals surface area contributed by atoms with E-state index in [1.165, 1.54) is 17.5 Å². The van der Waals surface area contributed by atoms with Crippen molar-refractivity contribution in [2.24, 2.45) is 23.2 Å². The standard InChI is InChI=1S/C21H27BrO2/c1-3-19(22)17-11-18-16-6-4-12-10-13(23)5-7-14(12)15(16)8-9-21(18,2)20(17)24/h3,5,7,10,15-20,23-24H,1,4,6,8-9,11H2,2H3/t15-,16-,17?,18+,19?,20+,21+/m1/s1. The molecular weight excluding hydrogens is 364 g/mol. The smallest absolute Gasteiger partial charge is 0.115 e. The van der Waals surface area contributed by atoms with Crippen molar-refractivity contribution in [1.29, 1.82) is 0 Å². The Labute approximate surface area is 153 Å². The largest absolute Gasteiger partial charge is 0.508 e. The zero-order chi connectivity index (χ0) is 17.1. The molecule has 24 heavy (non-hydrogen) atoms. The highest BCUT2D eigenvalue weighted by atomic mass is 79.9. The number of hydrogen-bond acceptors (Lipinski definition) is 2. The summed E-state index contributed by atoms with van der Waals surface area (Å²) in [6.45, 7) is 6.23. The molecule has 0 spiro atoms. The summed E-state index contributed by atoms with van der Waals surface area (Å²) in [5.41, 5.74) is 2.82.